The van der Waals surface area contributed by atoms with Gasteiger partial charge in [0.1, 0.15) is 5.75 Å². The van der Waals surface area contributed by atoms with Crippen LogP contribution in [0.15, 0.2) is 53.7 Å². The van der Waals surface area contributed by atoms with Crippen LogP contribution >= 0.6 is 11.8 Å². The second-order valence-electron chi connectivity index (χ2n) is 7.11. The zero-order valence-corrected chi connectivity index (χ0v) is 18.0. The summed E-state index contributed by atoms with van der Waals surface area (Å²) >= 11 is 1.37. The fourth-order valence-electron chi connectivity index (χ4n) is 3.58. The zero-order valence-electron chi connectivity index (χ0n) is 17.2. The SMILES string of the molecule is COc1ccccc1N1CCN(C(=O)CSc2n[nH]c(-c3ccccc3C)n2)CC1. The van der Waals surface area contributed by atoms with Gasteiger partial charge < -0.3 is 14.5 Å². The van der Waals surface area contributed by atoms with Crippen LogP contribution in [0.2, 0.25) is 0 Å². The van der Waals surface area contributed by atoms with Crippen LogP contribution in [-0.4, -0.2) is 65.0 Å². The molecule has 1 aromatic heterocycles. The van der Waals surface area contributed by atoms with E-state index in [4.69, 9.17) is 4.74 Å². The number of H-pyrrole nitrogens is 1. The Balaban J connectivity index is 1.30. The van der Waals surface area contributed by atoms with Gasteiger partial charge in [-0.25, -0.2) is 4.98 Å². The molecule has 0 spiro atoms. The minimum Gasteiger partial charge on any atom is -0.495 e. The van der Waals surface area contributed by atoms with Crippen LogP contribution in [0, 0.1) is 6.92 Å². The molecule has 4 rings (SSSR count). The quantitative estimate of drug-likeness (QED) is 0.614. The van der Waals surface area contributed by atoms with Crippen molar-refractivity contribution in [3.05, 3.63) is 54.1 Å². The first-order valence-corrected chi connectivity index (χ1v) is 10.9. The molecule has 1 aliphatic heterocycles. The van der Waals surface area contributed by atoms with Crippen LogP contribution in [0.5, 0.6) is 5.75 Å². The van der Waals surface area contributed by atoms with E-state index in [2.05, 4.69) is 26.1 Å². The number of carbonyl (C=O) groups is 1. The monoisotopic (exact) mass is 423 g/mol. The average molecular weight is 424 g/mol. The van der Waals surface area contributed by atoms with Crippen molar-refractivity contribution in [2.75, 3.05) is 43.9 Å². The number of nitrogens with zero attached hydrogens (tertiary/aromatic N) is 4. The average Bonchev–Trinajstić information content (AvgIpc) is 3.26. The molecule has 3 aromatic rings. The zero-order chi connectivity index (χ0) is 20.9. The van der Waals surface area contributed by atoms with Crippen molar-refractivity contribution >= 4 is 23.4 Å². The Bertz CT molecular complexity index is 1010. The van der Waals surface area contributed by atoms with E-state index in [0.29, 0.717) is 24.0 Å². The van der Waals surface area contributed by atoms with Crippen LogP contribution in [0.25, 0.3) is 11.4 Å². The third kappa shape index (κ3) is 4.43. The maximum Gasteiger partial charge on any atom is 0.233 e. The highest BCUT2D eigenvalue weighted by Gasteiger charge is 2.23. The number of benzene rings is 2. The molecule has 7 nitrogen and oxygen atoms in total. The normalized spacial score (nSPS) is 14.1. The molecular formula is C22H25N5O2S. The molecule has 0 saturated carbocycles. The molecule has 2 aromatic carbocycles. The predicted molar refractivity (Wildman–Crippen MR) is 119 cm³/mol. The maximum atomic E-state index is 12.7. The number of ether oxygens (including phenoxy) is 1. The number of aryl methyl sites for hydroxylation is 1. The molecule has 1 N–H and O–H groups in total. The molecule has 0 unspecified atom stereocenters. The van der Waals surface area contributed by atoms with Crippen LogP contribution in [0.3, 0.4) is 0 Å². The van der Waals surface area contributed by atoms with Crippen molar-refractivity contribution in [3.8, 4) is 17.1 Å². The standard InChI is InChI=1S/C22H25N5O2S/c1-16-7-3-4-8-17(16)21-23-22(25-24-21)30-15-20(28)27-13-11-26(12-14-27)18-9-5-6-10-19(18)29-2/h3-10H,11-15H2,1-2H3,(H,23,24,25). The molecule has 30 heavy (non-hydrogen) atoms. The lowest BCUT2D eigenvalue weighted by molar-refractivity contribution is -0.128. The number of rotatable bonds is 6. The van der Waals surface area contributed by atoms with E-state index in [-0.39, 0.29) is 5.91 Å². The highest BCUT2D eigenvalue weighted by atomic mass is 32.2. The Morgan fingerprint density at radius 3 is 2.60 bits per heavy atom. The number of aromatic nitrogens is 3. The lowest BCUT2D eigenvalue weighted by Gasteiger charge is -2.36. The van der Waals surface area contributed by atoms with Crippen LogP contribution in [0.1, 0.15) is 5.56 Å². The largest absolute Gasteiger partial charge is 0.495 e. The first-order chi connectivity index (χ1) is 14.7. The summed E-state index contributed by atoms with van der Waals surface area (Å²) in [6, 6.07) is 16.0. The Kier molecular flexibility index (Phi) is 6.23. The number of aromatic amines is 1. The number of carbonyl (C=O) groups excluding carboxylic acids is 1. The minimum atomic E-state index is 0.113. The van der Waals surface area contributed by atoms with Crippen LogP contribution in [0.4, 0.5) is 5.69 Å². The number of hydrogen-bond donors (Lipinski definition) is 1. The summed E-state index contributed by atoms with van der Waals surface area (Å²) in [6.45, 7) is 5.00. The topological polar surface area (TPSA) is 74.3 Å². The van der Waals surface area contributed by atoms with Gasteiger partial charge in [0.05, 0.1) is 18.6 Å². The van der Waals surface area contributed by atoms with Gasteiger partial charge >= 0.3 is 0 Å². The Labute approximate surface area is 180 Å². The highest BCUT2D eigenvalue weighted by Crippen LogP contribution is 2.28. The molecule has 2 heterocycles. The summed E-state index contributed by atoms with van der Waals surface area (Å²) in [5.74, 6) is 2.04. The van der Waals surface area contributed by atoms with E-state index in [0.717, 1.165) is 41.5 Å². The number of para-hydroxylation sites is 2. The van der Waals surface area contributed by atoms with Gasteiger partial charge in [0.2, 0.25) is 11.1 Å². The molecular weight excluding hydrogens is 398 g/mol. The van der Waals surface area contributed by atoms with E-state index in [1.165, 1.54) is 11.8 Å². The van der Waals surface area contributed by atoms with E-state index in [1.54, 1.807) is 7.11 Å². The summed E-state index contributed by atoms with van der Waals surface area (Å²) in [5, 5.41) is 7.82. The third-order valence-corrected chi connectivity index (χ3v) is 6.08. The van der Waals surface area contributed by atoms with Crippen molar-refractivity contribution in [3.63, 3.8) is 0 Å². The fraction of sp³-hybridized carbons (Fsp3) is 0.318. The summed E-state index contributed by atoms with van der Waals surface area (Å²) in [7, 11) is 1.68. The van der Waals surface area contributed by atoms with Crippen molar-refractivity contribution in [2.24, 2.45) is 0 Å². The Morgan fingerprint density at radius 2 is 1.83 bits per heavy atom. The van der Waals surface area contributed by atoms with Crippen molar-refractivity contribution < 1.29 is 9.53 Å². The van der Waals surface area contributed by atoms with Crippen molar-refractivity contribution in [1.82, 2.24) is 20.1 Å². The third-order valence-electron chi connectivity index (χ3n) is 5.25. The Morgan fingerprint density at radius 1 is 1.10 bits per heavy atom. The summed E-state index contributed by atoms with van der Waals surface area (Å²) in [5.41, 5.74) is 3.23. The highest BCUT2D eigenvalue weighted by molar-refractivity contribution is 7.99. The molecule has 1 fully saturated rings. The molecule has 1 aliphatic rings. The van der Waals surface area contributed by atoms with Crippen LogP contribution in [-0.2, 0) is 4.79 Å². The minimum absolute atomic E-state index is 0.113. The summed E-state index contributed by atoms with van der Waals surface area (Å²) in [6.07, 6.45) is 0. The van der Waals surface area contributed by atoms with Gasteiger partial charge in [-0.2, -0.15) is 0 Å². The van der Waals surface area contributed by atoms with Gasteiger partial charge in [-0.05, 0) is 24.6 Å². The molecule has 0 atom stereocenters. The van der Waals surface area contributed by atoms with E-state index in [9.17, 15) is 4.79 Å². The smallest absolute Gasteiger partial charge is 0.233 e. The number of piperazine rings is 1. The van der Waals surface area contributed by atoms with Crippen molar-refractivity contribution in [1.29, 1.82) is 0 Å². The lowest BCUT2D eigenvalue weighted by Crippen LogP contribution is -2.49. The van der Waals surface area contributed by atoms with Gasteiger partial charge in [-0.3, -0.25) is 9.89 Å². The second kappa shape index (κ2) is 9.21. The van der Waals surface area contributed by atoms with Gasteiger partial charge in [-0.1, -0.05) is 48.2 Å². The molecule has 0 bridgehead atoms. The molecule has 1 amide bonds. The first kappa shape index (κ1) is 20.3. The van der Waals surface area contributed by atoms with E-state index < -0.39 is 0 Å². The molecule has 0 radical (unpaired) electrons. The second-order valence-corrected chi connectivity index (χ2v) is 8.05. The van der Waals surface area contributed by atoms with Gasteiger partial charge in [0.25, 0.3) is 0 Å². The van der Waals surface area contributed by atoms with Crippen molar-refractivity contribution in [2.45, 2.75) is 12.1 Å². The first-order valence-electron chi connectivity index (χ1n) is 9.92. The van der Waals surface area contributed by atoms with Gasteiger partial charge in [0.15, 0.2) is 5.82 Å². The molecule has 156 valence electrons. The number of hydrogen-bond acceptors (Lipinski definition) is 6. The number of thioether (sulfide) groups is 1. The number of nitrogens with one attached hydrogen (secondary N) is 1. The lowest BCUT2D eigenvalue weighted by atomic mass is 10.1. The van der Waals surface area contributed by atoms with E-state index in [1.807, 2.05) is 54.3 Å². The predicted octanol–water partition coefficient (Wildman–Crippen LogP) is 3.23. The summed E-state index contributed by atoms with van der Waals surface area (Å²) in [4.78, 5) is 21.4. The molecule has 8 heteroatoms. The summed E-state index contributed by atoms with van der Waals surface area (Å²) < 4.78 is 5.46. The number of methoxy groups -OCH3 is 1. The maximum absolute atomic E-state index is 12.7. The molecule has 0 aliphatic carbocycles. The fourth-order valence-corrected chi connectivity index (χ4v) is 4.28. The number of anilines is 1. The Hall–Kier alpha value is -3.00. The van der Waals surface area contributed by atoms with Gasteiger partial charge in [0, 0.05) is 31.7 Å². The number of amides is 1. The van der Waals surface area contributed by atoms with Gasteiger partial charge in [-0.15, -0.1) is 5.10 Å². The molecule has 1 saturated heterocycles. The van der Waals surface area contributed by atoms with E-state index >= 15 is 0 Å². The van der Waals surface area contributed by atoms with Crippen LogP contribution < -0.4 is 9.64 Å².